The number of benzene rings is 1. The fourth-order valence-electron chi connectivity index (χ4n) is 2.53. The summed E-state index contributed by atoms with van der Waals surface area (Å²) in [6.07, 6.45) is 4.97. The Kier molecular flexibility index (Phi) is 5.32. The van der Waals surface area contributed by atoms with Crippen LogP contribution >= 0.6 is 0 Å². The number of carbonyl (C=O) groups is 1. The summed E-state index contributed by atoms with van der Waals surface area (Å²) in [5, 5.41) is 8.74. The second kappa shape index (κ2) is 7.22. The maximum atomic E-state index is 10.6. The van der Waals surface area contributed by atoms with Gasteiger partial charge in [0.25, 0.3) is 0 Å². The molecular formula is C16H21NO3. The first kappa shape index (κ1) is 14.8. The van der Waals surface area contributed by atoms with Gasteiger partial charge in [0, 0.05) is 31.9 Å². The molecule has 4 heteroatoms. The molecule has 1 heterocycles. The van der Waals surface area contributed by atoms with Crippen molar-refractivity contribution in [2.45, 2.75) is 25.4 Å². The van der Waals surface area contributed by atoms with Crippen LogP contribution in [0.25, 0.3) is 6.08 Å². The summed E-state index contributed by atoms with van der Waals surface area (Å²) in [7, 11) is 2.12. The predicted molar refractivity (Wildman–Crippen MR) is 78.4 cm³/mol. The van der Waals surface area contributed by atoms with Crippen LogP contribution < -0.4 is 0 Å². The second-order valence-corrected chi connectivity index (χ2v) is 5.13. The number of rotatable bonds is 5. The van der Waals surface area contributed by atoms with Gasteiger partial charge in [-0.15, -0.1) is 0 Å². The molecule has 0 aliphatic carbocycles. The fourth-order valence-corrected chi connectivity index (χ4v) is 2.53. The van der Waals surface area contributed by atoms with Gasteiger partial charge in [0.15, 0.2) is 0 Å². The molecule has 0 saturated carbocycles. The lowest BCUT2D eigenvalue weighted by Gasteiger charge is -2.31. The van der Waals surface area contributed by atoms with Gasteiger partial charge in [-0.1, -0.05) is 24.3 Å². The van der Waals surface area contributed by atoms with Gasteiger partial charge in [-0.2, -0.15) is 0 Å². The third-order valence-corrected chi connectivity index (χ3v) is 3.69. The number of hydrogen-bond donors (Lipinski definition) is 1. The molecule has 1 aromatic carbocycles. The number of nitrogens with zero attached hydrogens (tertiary/aromatic N) is 1. The molecule has 1 fully saturated rings. The van der Waals surface area contributed by atoms with Gasteiger partial charge in [0.05, 0.1) is 0 Å². The van der Waals surface area contributed by atoms with E-state index in [-0.39, 0.29) is 0 Å². The van der Waals surface area contributed by atoms with E-state index in [1.807, 2.05) is 18.2 Å². The molecule has 0 unspecified atom stereocenters. The summed E-state index contributed by atoms with van der Waals surface area (Å²) in [4.78, 5) is 13.0. The first-order valence-electron chi connectivity index (χ1n) is 6.93. The molecule has 0 aromatic heterocycles. The Hall–Kier alpha value is -1.65. The molecule has 0 spiro atoms. The van der Waals surface area contributed by atoms with Gasteiger partial charge in [0.1, 0.15) is 0 Å². The van der Waals surface area contributed by atoms with E-state index >= 15 is 0 Å². The highest BCUT2D eigenvalue weighted by molar-refractivity contribution is 5.85. The molecule has 1 N–H and O–H groups in total. The van der Waals surface area contributed by atoms with Gasteiger partial charge < -0.3 is 9.84 Å². The molecule has 108 valence electrons. The monoisotopic (exact) mass is 275 g/mol. The Balaban J connectivity index is 2.06. The van der Waals surface area contributed by atoms with Gasteiger partial charge in [-0.05, 0) is 37.1 Å². The van der Waals surface area contributed by atoms with Crippen molar-refractivity contribution in [1.82, 2.24) is 4.90 Å². The molecule has 0 bridgehead atoms. The normalized spacial score (nSPS) is 16.9. The van der Waals surface area contributed by atoms with Gasteiger partial charge in [-0.25, -0.2) is 4.79 Å². The summed E-state index contributed by atoms with van der Waals surface area (Å²) in [6, 6.07) is 8.47. The van der Waals surface area contributed by atoms with Crippen molar-refractivity contribution < 1.29 is 14.6 Å². The summed E-state index contributed by atoms with van der Waals surface area (Å²) < 4.78 is 5.39. The first-order valence-corrected chi connectivity index (χ1v) is 6.93. The van der Waals surface area contributed by atoms with Crippen LogP contribution in [0.5, 0.6) is 0 Å². The average Bonchev–Trinajstić information content (AvgIpc) is 2.47. The largest absolute Gasteiger partial charge is 0.478 e. The van der Waals surface area contributed by atoms with Crippen LogP contribution in [0.15, 0.2) is 30.3 Å². The lowest BCUT2D eigenvalue weighted by molar-refractivity contribution is -0.131. The summed E-state index contributed by atoms with van der Waals surface area (Å²) in [5.74, 6) is -0.919. The van der Waals surface area contributed by atoms with Crippen molar-refractivity contribution in [3.63, 3.8) is 0 Å². The molecule has 1 aromatic rings. The van der Waals surface area contributed by atoms with Crippen molar-refractivity contribution in [3.05, 3.63) is 41.5 Å². The van der Waals surface area contributed by atoms with Crippen LogP contribution in [0.1, 0.15) is 24.0 Å². The lowest BCUT2D eigenvalue weighted by Crippen LogP contribution is -2.36. The smallest absolute Gasteiger partial charge is 0.328 e. The summed E-state index contributed by atoms with van der Waals surface area (Å²) in [5.41, 5.74) is 2.12. The van der Waals surface area contributed by atoms with E-state index < -0.39 is 5.97 Å². The number of aliphatic carboxylic acids is 1. The quantitative estimate of drug-likeness (QED) is 0.838. The Bertz CT molecular complexity index is 478. The van der Waals surface area contributed by atoms with Crippen LogP contribution in [-0.2, 0) is 16.1 Å². The van der Waals surface area contributed by atoms with Crippen molar-refractivity contribution >= 4 is 12.0 Å². The topological polar surface area (TPSA) is 49.8 Å². The summed E-state index contributed by atoms with van der Waals surface area (Å²) >= 11 is 0. The highest BCUT2D eigenvalue weighted by atomic mass is 16.5. The highest BCUT2D eigenvalue weighted by Crippen LogP contribution is 2.18. The minimum absolute atomic E-state index is 0.542. The molecule has 2 rings (SSSR count). The summed E-state index contributed by atoms with van der Waals surface area (Å²) in [6.45, 7) is 2.48. The minimum atomic E-state index is -0.919. The maximum Gasteiger partial charge on any atom is 0.328 e. The molecular weight excluding hydrogens is 254 g/mol. The first-order chi connectivity index (χ1) is 9.66. The molecule has 1 aliphatic rings. The van der Waals surface area contributed by atoms with Crippen molar-refractivity contribution in [2.24, 2.45) is 0 Å². The van der Waals surface area contributed by atoms with E-state index in [1.165, 1.54) is 6.08 Å². The van der Waals surface area contributed by atoms with E-state index in [0.717, 1.165) is 43.7 Å². The number of carboxylic acid groups (broad SMARTS) is 1. The SMILES string of the molecule is CN(Cc1ccccc1C=CC(=O)O)C1CCOCC1. The Morgan fingerprint density at radius 1 is 1.40 bits per heavy atom. The zero-order chi connectivity index (χ0) is 14.4. The van der Waals surface area contributed by atoms with E-state index in [4.69, 9.17) is 9.84 Å². The molecule has 1 aliphatic heterocycles. The zero-order valence-electron chi connectivity index (χ0n) is 11.8. The van der Waals surface area contributed by atoms with E-state index in [1.54, 1.807) is 6.08 Å². The number of carboxylic acids is 1. The van der Waals surface area contributed by atoms with E-state index in [0.29, 0.717) is 6.04 Å². The predicted octanol–water partition coefficient (Wildman–Crippen LogP) is 2.40. The zero-order valence-corrected chi connectivity index (χ0v) is 11.8. The molecule has 0 radical (unpaired) electrons. The maximum absolute atomic E-state index is 10.6. The second-order valence-electron chi connectivity index (χ2n) is 5.13. The highest BCUT2D eigenvalue weighted by Gasteiger charge is 2.18. The molecule has 0 amide bonds. The van der Waals surface area contributed by atoms with E-state index in [9.17, 15) is 4.79 Å². The lowest BCUT2D eigenvalue weighted by atomic mass is 10.0. The molecule has 0 atom stereocenters. The third kappa shape index (κ3) is 4.18. The van der Waals surface area contributed by atoms with Crippen LogP contribution in [-0.4, -0.2) is 42.3 Å². The van der Waals surface area contributed by atoms with Crippen molar-refractivity contribution in [2.75, 3.05) is 20.3 Å². The fraction of sp³-hybridized carbons (Fsp3) is 0.438. The molecule has 20 heavy (non-hydrogen) atoms. The molecule has 4 nitrogen and oxygen atoms in total. The van der Waals surface area contributed by atoms with Crippen LogP contribution in [0.2, 0.25) is 0 Å². The minimum Gasteiger partial charge on any atom is -0.478 e. The van der Waals surface area contributed by atoms with Crippen LogP contribution in [0.3, 0.4) is 0 Å². The average molecular weight is 275 g/mol. The van der Waals surface area contributed by atoms with Crippen molar-refractivity contribution in [3.8, 4) is 0 Å². The number of ether oxygens (including phenoxy) is 1. The van der Waals surface area contributed by atoms with Gasteiger partial charge in [0.2, 0.25) is 0 Å². The third-order valence-electron chi connectivity index (χ3n) is 3.69. The van der Waals surface area contributed by atoms with E-state index in [2.05, 4.69) is 18.0 Å². The molecule has 1 saturated heterocycles. The standard InChI is InChI=1S/C16H21NO3/c1-17(15-8-10-20-11-9-15)12-14-5-3-2-4-13(14)6-7-16(18)19/h2-7,15H,8-12H2,1H3,(H,18,19). The Morgan fingerprint density at radius 2 is 2.10 bits per heavy atom. The van der Waals surface area contributed by atoms with Crippen molar-refractivity contribution in [1.29, 1.82) is 0 Å². The number of hydrogen-bond acceptors (Lipinski definition) is 3. The Morgan fingerprint density at radius 3 is 2.80 bits per heavy atom. The Labute approximate surface area is 119 Å². The van der Waals surface area contributed by atoms with Gasteiger partial charge in [-0.3, -0.25) is 4.90 Å². The van der Waals surface area contributed by atoms with Gasteiger partial charge >= 0.3 is 5.97 Å². The van der Waals surface area contributed by atoms with Crippen LogP contribution in [0, 0.1) is 0 Å². The van der Waals surface area contributed by atoms with Crippen LogP contribution in [0.4, 0.5) is 0 Å².